The van der Waals surface area contributed by atoms with Gasteiger partial charge in [0, 0.05) is 27.0 Å². The van der Waals surface area contributed by atoms with Gasteiger partial charge in [0.15, 0.2) is 6.10 Å². The van der Waals surface area contributed by atoms with Crippen LogP contribution in [0.1, 0.15) is 44.2 Å². The van der Waals surface area contributed by atoms with Gasteiger partial charge in [-0.15, -0.1) is 11.3 Å². The van der Waals surface area contributed by atoms with E-state index < -0.39 is 17.7 Å². The number of aryl methyl sites for hydroxylation is 1. The van der Waals surface area contributed by atoms with E-state index in [2.05, 4.69) is 18.0 Å². The summed E-state index contributed by atoms with van der Waals surface area (Å²) >= 11 is 7.68. The number of nitrogens with zero attached hydrogens (tertiary/aromatic N) is 1. The molecule has 0 bridgehead atoms. The average Bonchev–Trinajstić information content (AvgIpc) is 3.02. The second-order valence-electron chi connectivity index (χ2n) is 7.33. The molecule has 0 saturated heterocycles. The van der Waals surface area contributed by atoms with Gasteiger partial charge in [0.1, 0.15) is 4.83 Å². The lowest BCUT2D eigenvalue weighted by molar-refractivity contribution is -0.160. The topological polar surface area (TPSA) is 59.4 Å². The Morgan fingerprint density at radius 3 is 2.52 bits per heavy atom. The summed E-state index contributed by atoms with van der Waals surface area (Å²) in [5.41, 5.74) is 1.67. The molecule has 1 unspecified atom stereocenters. The van der Waals surface area contributed by atoms with Crippen LogP contribution < -0.4 is 0 Å². The van der Waals surface area contributed by atoms with Crippen molar-refractivity contribution in [3.8, 4) is 11.1 Å². The minimum atomic E-state index is -1.11. The van der Waals surface area contributed by atoms with Crippen LogP contribution in [0.3, 0.4) is 0 Å². The quantitative estimate of drug-likeness (QED) is 0.557. The zero-order valence-electron chi connectivity index (χ0n) is 15.7. The van der Waals surface area contributed by atoms with Crippen LogP contribution in [-0.2, 0) is 16.0 Å². The third kappa shape index (κ3) is 4.32. The van der Waals surface area contributed by atoms with E-state index in [1.807, 2.05) is 32.9 Å². The Hall–Kier alpha value is -1.95. The number of pyridine rings is 1. The second kappa shape index (κ2) is 7.58. The lowest BCUT2D eigenvalue weighted by Gasteiger charge is -2.26. The van der Waals surface area contributed by atoms with Gasteiger partial charge < -0.3 is 9.84 Å². The molecular formula is C21H22ClNO3S. The number of carbonyl (C=O) groups is 1. The average molecular weight is 404 g/mol. The number of thiophene rings is 1. The third-order valence-electron chi connectivity index (χ3n) is 4.10. The molecule has 0 fully saturated rings. The zero-order chi connectivity index (χ0) is 19.8. The number of ether oxygens (including phenoxy) is 1. The van der Waals surface area contributed by atoms with Crippen LogP contribution in [-0.4, -0.2) is 21.7 Å². The maximum atomic E-state index is 12.0. The first-order valence-corrected chi connectivity index (χ1v) is 9.97. The number of aromatic nitrogens is 1. The molecular weight excluding hydrogens is 382 g/mol. The van der Waals surface area contributed by atoms with Crippen LogP contribution >= 0.6 is 22.9 Å². The Kier molecular flexibility index (Phi) is 5.56. The predicted molar refractivity (Wildman–Crippen MR) is 111 cm³/mol. The monoisotopic (exact) mass is 403 g/mol. The van der Waals surface area contributed by atoms with Gasteiger partial charge in [-0.1, -0.05) is 30.7 Å². The molecule has 27 heavy (non-hydrogen) atoms. The zero-order valence-corrected chi connectivity index (χ0v) is 17.3. The molecule has 3 aromatic rings. The summed E-state index contributed by atoms with van der Waals surface area (Å²) in [7, 11) is 0. The fourth-order valence-corrected chi connectivity index (χ4v) is 4.04. The SMILES string of the molecule is CCc1cc2c(-c3ccc(Cl)cc3)c(C(OC(C)(C)C)C(=O)O)cnc2s1. The molecule has 3 rings (SSSR count). The van der Waals surface area contributed by atoms with Crippen LogP contribution in [0.25, 0.3) is 21.3 Å². The van der Waals surface area contributed by atoms with Crippen molar-refractivity contribution >= 4 is 39.1 Å². The molecule has 0 radical (unpaired) electrons. The molecule has 1 atom stereocenters. The minimum absolute atomic E-state index is 0.549. The Labute approximate surface area is 167 Å². The maximum Gasteiger partial charge on any atom is 0.337 e. The lowest BCUT2D eigenvalue weighted by Crippen LogP contribution is -2.27. The number of carboxylic acid groups (broad SMARTS) is 1. The molecule has 142 valence electrons. The van der Waals surface area contributed by atoms with E-state index in [0.29, 0.717) is 10.6 Å². The van der Waals surface area contributed by atoms with Crippen LogP contribution in [0.5, 0.6) is 0 Å². The fraction of sp³-hybridized carbons (Fsp3) is 0.333. The van der Waals surface area contributed by atoms with Crippen LogP contribution in [0.2, 0.25) is 5.02 Å². The van der Waals surface area contributed by atoms with Gasteiger partial charge in [-0.05, 0) is 56.5 Å². The van der Waals surface area contributed by atoms with Gasteiger partial charge in [0.25, 0.3) is 0 Å². The standard InChI is InChI=1S/C21H22ClNO3S/c1-5-14-10-15-17(12-6-8-13(22)9-7-12)16(11-23-19(15)27-14)18(20(24)25)26-21(2,3)4/h6-11,18H,5H2,1-4H3,(H,24,25). The molecule has 1 aromatic carbocycles. The highest BCUT2D eigenvalue weighted by molar-refractivity contribution is 7.18. The summed E-state index contributed by atoms with van der Waals surface area (Å²) in [4.78, 5) is 18.7. The number of halogens is 1. The molecule has 0 aliphatic heterocycles. The van der Waals surface area contributed by atoms with Gasteiger partial charge in [-0.25, -0.2) is 9.78 Å². The largest absolute Gasteiger partial charge is 0.479 e. The Bertz CT molecular complexity index is 973. The molecule has 0 aliphatic rings. The Balaban J connectivity index is 2.29. The normalized spacial score (nSPS) is 13.1. The van der Waals surface area contributed by atoms with E-state index in [1.54, 1.807) is 29.7 Å². The number of aliphatic carboxylic acids is 1. The highest BCUT2D eigenvalue weighted by atomic mass is 35.5. The number of carboxylic acids is 1. The van der Waals surface area contributed by atoms with Crippen LogP contribution in [0, 0.1) is 0 Å². The highest BCUT2D eigenvalue weighted by Gasteiger charge is 2.30. The van der Waals surface area contributed by atoms with Crippen molar-refractivity contribution in [2.45, 2.75) is 45.8 Å². The minimum Gasteiger partial charge on any atom is -0.479 e. The van der Waals surface area contributed by atoms with E-state index in [1.165, 1.54) is 4.88 Å². The van der Waals surface area contributed by atoms with Crippen molar-refractivity contribution in [3.63, 3.8) is 0 Å². The first kappa shape index (κ1) is 19.8. The number of benzene rings is 1. The van der Waals surface area contributed by atoms with Crippen molar-refractivity contribution in [1.29, 1.82) is 0 Å². The predicted octanol–water partition coefficient (Wildman–Crippen LogP) is 6.12. The van der Waals surface area contributed by atoms with Crippen LogP contribution in [0.4, 0.5) is 0 Å². The number of fused-ring (bicyclic) bond motifs is 1. The van der Waals surface area contributed by atoms with Gasteiger partial charge in [-0.2, -0.15) is 0 Å². The summed E-state index contributed by atoms with van der Waals surface area (Å²) in [6, 6.07) is 9.51. The van der Waals surface area contributed by atoms with Crippen molar-refractivity contribution in [2.24, 2.45) is 0 Å². The Morgan fingerprint density at radius 1 is 1.30 bits per heavy atom. The molecule has 4 nitrogen and oxygen atoms in total. The van der Waals surface area contributed by atoms with E-state index in [-0.39, 0.29) is 0 Å². The van der Waals surface area contributed by atoms with E-state index in [4.69, 9.17) is 16.3 Å². The number of hydrogen-bond donors (Lipinski definition) is 1. The lowest BCUT2D eigenvalue weighted by atomic mass is 9.94. The number of rotatable bonds is 5. The highest BCUT2D eigenvalue weighted by Crippen LogP contribution is 2.40. The molecule has 2 heterocycles. The molecule has 0 amide bonds. The van der Waals surface area contributed by atoms with E-state index >= 15 is 0 Å². The van der Waals surface area contributed by atoms with E-state index in [0.717, 1.165) is 27.8 Å². The van der Waals surface area contributed by atoms with Gasteiger partial charge >= 0.3 is 5.97 Å². The molecule has 1 N–H and O–H groups in total. The van der Waals surface area contributed by atoms with Gasteiger partial charge in [0.2, 0.25) is 0 Å². The first-order valence-electron chi connectivity index (χ1n) is 8.77. The second-order valence-corrected chi connectivity index (χ2v) is 8.88. The third-order valence-corrected chi connectivity index (χ3v) is 5.54. The summed E-state index contributed by atoms with van der Waals surface area (Å²) in [5, 5.41) is 11.4. The summed E-state index contributed by atoms with van der Waals surface area (Å²) in [6.45, 7) is 7.63. The van der Waals surface area contributed by atoms with Crippen molar-refractivity contribution in [2.75, 3.05) is 0 Å². The van der Waals surface area contributed by atoms with Gasteiger partial charge in [-0.3, -0.25) is 0 Å². The van der Waals surface area contributed by atoms with Crippen molar-refractivity contribution in [3.05, 3.63) is 52.0 Å². The van der Waals surface area contributed by atoms with Crippen molar-refractivity contribution < 1.29 is 14.6 Å². The Morgan fingerprint density at radius 2 is 1.96 bits per heavy atom. The van der Waals surface area contributed by atoms with Crippen molar-refractivity contribution in [1.82, 2.24) is 4.98 Å². The van der Waals surface area contributed by atoms with Crippen LogP contribution in [0.15, 0.2) is 36.5 Å². The molecule has 6 heteroatoms. The molecule has 2 aromatic heterocycles. The smallest absolute Gasteiger partial charge is 0.337 e. The number of hydrogen-bond acceptors (Lipinski definition) is 4. The first-order chi connectivity index (χ1) is 12.7. The molecule has 0 spiro atoms. The summed E-state index contributed by atoms with van der Waals surface area (Å²) in [6.07, 6.45) is 1.42. The fourth-order valence-electron chi connectivity index (χ4n) is 2.97. The van der Waals surface area contributed by atoms with E-state index in [9.17, 15) is 9.90 Å². The van der Waals surface area contributed by atoms with Gasteiger partial charge in [0.05, 0.1) is 5.60 Å². The summed E-state index contributed by atoms with van der Waals surface area (Å²) in [5.74, 6) is -1.03. The molecule has 0 aliphatic carbocycles. The summed E-state index contributed by atoms with van der Waals surface area (Å²) < 4.78 is 5.89. The maximum absolute atomic E-state index is 12.0. The molecule has 0 saturated carbocycles.